The van der Waals surface area contributed by atoms with Crippen LogP contribution in [0, 0.1) is 5.92 Å². The van der Waals surface area contributed by atoms with Gasteiger partial charge in [-0.3, -0.25) is 14.4 Å². The minimum atomic E-state index is -0.472. The summed E-state index contributed by atoms with van der Waals surface area (Å²) >= 11 is 5.81. The minimum Gasteiger partial charge on any atom is -0.455 e. The van der Waals surface area contributed by atoms with Gasteiger partial charge in [-0.15, -0.1) is 0 Å². The van der Waals surface area contributed by atoms with Gasteiger partial charge in [-0.05, 0) is 30.5 Å². The lowest BCUT2D eigenvalue weighted by Gasteiger charge is -2.23. The molecule has 1 aliphatic carbocycles. The number of amides is 2. The number of rotatable bonds is 6. The Bertz CT molecular complexity index is 671. The van der Waals surface area contributed by atoms with Crippen molar-refractivity contribution < 1.29 is 19.1 Å². The summed E-state index contributed by atoms with van der Waals surface area (Å²) in [5, 5.41) is 3.32. The van der Waals surface area contributed by atoms with Crippen LogP contribution in [0.15, 0.2) is 24.3 Å². The van der Waals surface area contributed by atoms with E-state index in [1.54, 1.807) is 12.1 Å². The fourth-order valence-electron chi connectivity index (χ4n) is 3.57. The average molecular weight is 379 g/mol. The van der Waals surface area contributed by atoms with Crippen LogP contribution >= 0.6 is 11.6 Å². The maximum absolute atomic E-state index is 12.2. The zero-order valence-corrected chi connectivity index (χ0v) is 15.3. The Morgan fingerprint density at radius 2 is 1.88 bits per heavy atom. The molecule has 0 unspecified atom stereocenters. The molecule has 6 nitrogen and oxygen atoms in total. The van der Waals surface area contributed by atoms with Crippen molar-refractivity contribution in [3.05, 3.63) is 34.9 Å². The molecular weight excluding hydrogens is 356 g/mol. The summed E-state index contributed by atoms with van der Waals surface area (Å²) in [6, 6.07) is 7.39. The largest absolute Gasteiger partial charge is 0.455 e. The SMILES string of the molecule is O=C(COC(=O)[C@@H]1CC(=O)N(C2CCCC2)C1)NCc1ccc(Cl)cc1. The van der Waals surface area contributed by atoms with E-state index in [9.17, 15) is 14.4 Å². The number of ether oxygens (including phenoxy) is 1. The number of hydrogen-bond acceptors (Lipinski definition) is 4. The van der Waals surface area contributed by atoms with Crippen LogP contribution in [0.2, 0.25) is 5.02 Å². The Morgan fingerprint density at radius 1 is 1.19 bits per heavy atom. The number of benzene rings is 1. The number of carbonyl (C=O) groups excluding carboxylic acids is 3. The van der Waals surface area contributed by atoms with E-state index in [0.29, 0.717) is 18.1 Å². The monoisotopic (exact) mass is 378 g/mol. The van der Waals surface area contributed by atoms with E-state index in [0.717, 1.165) is 31.2 Å². The van der Waals surface area contributed by atoms with Gasteiger partial charge in [0.15, 0.2) is 6.61 Å². The van der Waals surface area contributed by atoms with Gasteiger partial charge in [0.05, 0.1) is 5.92 Å². The van der Waals surface area contributed by atoms with Crippen molar-refractivity contribution in [3.8, 4) is 0 Å². The standard InChI is InChI=1S/C19H23ClN2O4/c20-15-7-5-13(6-8-15)10-21-17(23)12-26-19(25)14-9-18(24)22(11-14)16-3-1-2-4-16/h5-8,14,16H,1-4,9-12H2,(H,21,23)/t14-/m1/s1. The molecule has 0 aromatic heterocycles. The van der Waals surface area contributed by atoms with Crippen LogP contribution < -0.4 is 5.32 Å². The Kier molecular flexibility index (Phi) is 6.14. The van der Waals surface area contributed by atoms with Crippen LogP contribution in [-0.2, 0) is 25.7 Å². The Balaban J connectivity index is 1.40. The zero-order chi connectivity index (χ0) is 18.5. The van der Waals surface area contributed by atoms with Crippen LogP contribution in [0.3, 0.4) is 0 Å². The van der Waals surface area contributed by atoms with Crippen molar-refractivity contribution in [1.82, 2.24) is 10.2 Å². The highest BCUT2D eigenvalue weighted by Crippen LogP contribution is 2.29. The first-order valence-electron chi connectivity index (χ1n) is 9.00. The molecule has 1 atom stereocenters. The summed E-state index contributed by atoms with van der Waals surface area (Å²) in [4.78, 5) is 38.0. The summed E-state index contributed by atoms with van der Waals surface area (Å²) in [5.74, 6) is -1.29. The molecule has 1 aromatic carbocycles. The molecule has 0 bridgehead atoms. The van der Waals surface area contributed by atoms with Gasteiger partial charge < -0.3 is 15.0 Å². The van der Waals surface area contributed by atoms with E-state index in [4.69, 9.17) is 16.3 Å². The summed E-state index contributed by atoms with van der Waals surface area (Å²) in [5.41, 5.74) is 0.905. The molecule has 1 N–H and O–H groups in total. The highest BCUT2D eigenvalue weighted by atomic mass is 35.5. The van der Waals surface area contributed by atoms with Crippen molar-refractivity contribution in [2.24, 2.45) is 5.92 Å². The zero-order valence-electron chi connectivity index (χ0n) is 14.6. The Morgan fingerprint density at radius 3 is 2.58 bits per heavy atom. The Hall–Kier alpha value is -2.08. The molecule has 7 heteroatoms. The summed E-state index contributed by atoms with van der Waals surface area (Å²) in [6.07, 6.45) is 4.48. The number of likely N-dealkylation sites (tertiary alicyclic amines) is 1. The van der Waals surface area contributed by atoms with E-state index in [1.807, 2.05) is 17.0 Å². The quantitative estimate of drug-likeness (QED) is 0.770. The lowest BCUT2D eigenvalue weighted by Crippen LogP contribution is -2.35. The molecule has 2 amide bonds. The smallest absolute Gasteiger partial charge is 0.311 e. The van der Waals surface area contributed by atoms with Crippen LogP contribution in [0.25, 0.3) is 0 Å². The fourth-order valence-corrected chi connectivity index (χ4v) is 3.69. The van der Waals surface area contributed by atoms with E-state index >= 15 is 0 Å². The number of carbonyl (C=O) groups is 3. The van der Waals surface area contributed by atoms with Gasteiger partial charge in [-0.1, -0.05) is 36.6 Å². The van der Waals surface area contributed by atoms with E-state index in [1.165, 1.54) is 0 Å². The van der Waals surface area contributed by atoms with Gasteiger partial charge in [0.25, 0.3) is 5.91 Å². The highest BCUT2D eigenvalue weighted by molar-refractivity contribution is 6.30. The molecule has 2 aliphatic rings. The predicted octanol–water partition coefficient (Wildman–Crippen LogP) is 2.29. The first-order valence-corrected chi connectivity index (χ1v) is 9.38. The number of halogens is 1. The second-order valence-corrected chi connectivity index (χ2v) is 7.33. The molecular formula is C19H23ClN2O4. The van der Waals surface area contributed by atoms with Crippen molar-refractivity contribution in [2.75, 3.05) is 13.2 Å². The average Bonchev–Trinajstić information content (AvgIpc) is 3.28. The van der Waals surface area contributed by atoms with E-state index in [2.05, 4.69) is 5.32 Å². The summed E-state index contributed by atoms with van der Waals surface area (Å²) in [6.45, 7) is 0.417. The minimum absolute atomic E-state index is 0.0195. The van der Waals surface area contributed by atoms with Crippen LogP contribution in [0.1, 0.15) is 37.7 Å². The molecule has 1 heterocycles. The lowest BCUT2D eigenvalue weighted by molar-refractivity contribution is -0.152. The van der Waals surface area contributed by atoms with E-state index in [-0.39, 0.29) is 30.9 Å². The number of hydrogen-bond donors (Lipinski definition) is 1. The van der Waals surface area contributed by atoms with Crippen molar-refractivity contribution in [2.45, 2.75) is 44.7 Å². The predicted molar refractivity (Wildman–Crippen MR) is 96.3 cm³/mol. The van der Waals surface area contributed by atoms with Crippen LogP contribution in [-0.4, -0.2) is 41.9 Å². The Labute approximate surface area is 157 Å². The normalized spacial score (nSPS) is 20.4. The molecule has 1 saturated heterocycles. The molecule has 1 aliphatic heterocycles. The maximum Gasteiger partial charge on any atom is 0.311 e. The summed E-state index contributed by atoms with van der Waals surface area (Å²) < 4.78 is 5.10. The lowest BCUT2D eigenvalue weighted by atomic mass is 10.1. The van der Waals surface area contributed by atoms with Crippen molar-refractivity contribution in [1.29, 1.82) is 0 Å². The van der Waals surface area contributed by atoms with Gasteiger partial charge in [0.1, 0.15) is 0 Å². The third kappa shape index (κ3) is 4.75. The molecule has 0 radical (unpaired) electrons. The third-order valence-corrected chi connectivity index (χ3v) is 5.26. The number of nitrogens with one attached hydrogen (secondary N) is 1. The van der Waals surface area contributed by atoms with Crippen LogP contribution in [0.5, 0.6) is 0 Å². The van der Waals surface area contributed by atoms with Crippen LogP contribution in [0.4, 0.5) is 0 Å². The molecule has 26 heavy (non-hydrogen) atoms. The van der Waals surface area contributed by atoms with Gasteiger partial charge in [0.2, 0.25) is 5.91 Å². The maximum atomic E-state index is 12.2. The number of esters is 1. The van der Waals surface area contributed by atoms with Crippen molar-refractivity contribution >= 4 is 29.4 Å². The van der Waals surface area contributed by atoms with Gasteiger partial charge in [-0.25, -0.2) is 0 Å². The molecule has 1 saturated carbocycles. The van der Waals surface area contributed by atoms with E-state index < -0.39 is 11.9 Å². The second-order valence-electron chi connectivity index (χ2n) is 6.90. The molecule has 2 fully saturated rings. The molecule has 3 rings (SSSR count). The molecule has 140 valence electrons. The molecule has 1 aromatic rings. The molecule has 0 spiro atoms. The van der Waals surface area contributed by atoms with Gasteiger partial charge >= 0.3 is 5.97 Å². The third-order valence-electron chi connectivity index (χ3n) is 5.01. The first kappa shape index (κ1) is 18.7. The first-order chi connectivity index (χ1) is 12.5. The number of nitrogens with zero attached hydrogens (tertiary/aromatic N) is 1. The topological polar surface area (TPSA) is 75.7 Å². The summed E-state index contributed by atoms with van der Waals surface area (Å²) in [7, 11) is 0. The fraction of sp³-hybridized carbons (Fsp3) is 0.526. The second kappa shape index (κ2) is 8.54. The van der Waals surface area contributed by atoms with Gasteiger partial charge in [0, 0.05) is 30.6 Å². The van der Waals surface area contributed by atoms with Gasteiger partial charge in [-0.2, -0.15) is 0 Å². The highest BCUT2D eigenvalue weighted by Gasteiger charge is 2.39. The van der Waals surface area contributed by atoms with Crippen molar-refractivity contribution in [3.63, 3.8) is 0 Å².